The monoisotopic (exact) mass is 473 g/mol. The van der Waals surface area contributed by atoms with Gasteiger partial charge in [-0.15, -0.1) is 0 Å². The molecule has 1 aliphatic carbocycles. The number of aliphatic hydroxyl groups is 1. The van der Waals surface area contributed by atoms with Crippen molar-refractivity contribution in [1.82, 2.24) is 29.1 Å². The van der Waals surface area contributed by atoms with Gasteiger partial charge in [0.15, 0.2) is 5.13 Å². The van der Waals surface area contributed by atoms with Gasteiger partial charge in [0, 0.05) is 42.5 Å². The number of hydrogen-bond donors (Lipinski definition) is 2. The highest BCUT2D eigenvalue weighted by molar-refractivity contribution is 7.22. The van der Waals surface area contributed by atoms with Gasteiger partial charge >= 0.3 is 0 Å². The van der Waals surface area contributed by atoms with Crippen LogP contribution in [0.1, 0.15) is 43.9 Å². The lowest BCUT2D eigenvalue weighted by molar-refractivity contribution is 0.0625. The molecule has 8 nitrogen and oxygen atoms in total. The Kier molecular flexibility index (Phi) is 5.50. The Hall–Kier alpha value is -3.30. The fourth-order valence-electron chi connectivity index (χ4n) is 5.01. The third kappa shape index (κ3) is 4.05. The van der Waals surface area contributed by atoms with E-state index in [0.29, 0.717) is 0 Å². The van der Waals surface area contributed by atoms with E-state index in [1.807, 2.05) is 24.5 Å². The summed E-state index contributed by atoms with van der Waals surface area (Å²) >= 11 is 1.68. The van der Waals surface area contributed by atoms with Gasteiger partial charge < -0.3 is 14.8 Å². The second-order valence-corrected chi connectivity index (χ2v) is 10.2. The van der Waals surface area contributed by atoms with Crippen molar-refractivity contribution in [3.8, 4) is 5.69 Å². The molecule has 4 heterocycles. The Morgan fingerprint density at radius 1 is 1.21 bits per heavy atom. The number of pyridine rings is 1. The van der Waals surface area contributed by atoms with Crippen LogP contribution < -0.4 is 5.32 Å². The van der Waals surface area contributed by atoms with Crippen molar-refractivity contribution in [3.05, 3.63) is 66.6 Å². The van der Waals surface area contributed by atoms with E-state index in [0.717, 1.165) is 53.4 Å². The highest BCUT2D eigenvalue weighted by Crippen LogP contribution is 2.32. The standard InChI is InChI=1S/C25H27N7OS/c1-16(20-4-2-3-5-22(20)33)29-25-30-21-7-6-17(11-23(21)34-25)10-19-13-27-24-12-18(8-9-31(19)24)32-15-26-14-28-32/h6-9,11-16,20,22,33H,2-5,10H2,1H3,(H,29,30)/t16-,20+,22-/m1/s1. The van der Waals surface area contributed by atoms with Gasteiger partial charge in [0.1, 0.15) is 18.3 Å². The first-order valence-electron chi connectivity index (χ1n) is 11.8. The van der Waals surface area contributed by atoms with Gasteiger partial charge in [-0.05, 0) is 43.5 Å². The van der Waals surface area contributed by atoms with Gasteiger partial charge in [-0.3, -0.25) is 0 Å². The van der Waals surface area contributed by atoms with Crippen LogP contribution in [0.15, 0.2) is 55.4 Å². The Morgan fingerprint density at radius 3 is 2.97 bits per heavy atom. The van der Waals surface area contributed by atoms with E-state index in [1.165, 1.54) is 23.0 Å². The van der Waals surface area contributed by atoms with Gasteiger partial charge in [-0.25, -0.2) is 19.6 Å². The number of anilines is 1. The van der Waals surface area contributed by atoms with Gasteiger partial charge in [-0.1, -0.05) is 30.2 Å². The van der Waals surface area contributed by atoms with Crippen LogP contribution in [0.3, 0.4) is 0 Å². The Balaban J connectivity index is 1.20. The number of nitrogens with one attached hydrogen (secondary N) is 1. The third-order valence-corrected chi connectivity index (χ3v) is 7.82. The lowest BCUT2D eigenvalue weighted by Gasteiger charge is -2.32. The van der Waals surface area contributed by atoms with Crippen molar-refractivity contribution in [2.75, 3.05) is 5.32 Å². The van der Waals surface area contributed by atoms with E-state index in [2.05, 4.69) is 49.9 Å². The van der Waals surface area contributed by atoms with E-state index < -0.39 is 0 Å². The molecule has 0 amide bonds. The Labute approximate surface area is 201 Å². The average Bonchev–Trinajstić information content (AvgIpc) is 3.59. The molecule has 4 aromatic heterocycles. The molecule has 9 heteroatoms. The molecule has 3 atom stereocenters. The third-order valence-electron chi connectivity index (χ3n) is 6.87. The smallest absolute Gasteiger partial charge is 0.184 e. The van der Waals surface area contributed by atoms with Gasteiger partial charge in [-0.2, -0.15) is 5.10 Å². The zero-order chi connectivity index (χ0) is 23.1. The zero-order valence-electron chi connectivity index (χ0n) is 19.0. The van der Waals surface area contributed by atoms with Crippen LogP contribution in [0.4, 0.5) is 5.13 Å². The average molecular weight is 474 g/mol. The van der Waals surface area contributed by atoms with Crippen molar-refractivity contribution < 1.29 is 5.11 Å². The minimum atomic E-state index is -0.213. The van der Waals surface area contributed by atoms with Crippen LogP contribution >= 0.6 is 11.3 Å². The minimum absolute atomic E-state index is 0.205. The minimum Gasteiger partial charge on any atom is -0.393 e. The van der Waals surface area contributed by atoms with E-state index in [9.17, 15) is 5.11 Å². The van der Waals surface area contributed by atoms with Crippen molar-refractivity contribution in [1.29, 1.82) is 0 Å². The molecule has 0 aliphatic heterocycles. The normalized spacial score (nSPS) is 19.6. The zero-order valence-corrected chi connectivity index (χ0v) is 19.8. The maximum Gasteiger partial charge on any atom is 0.184 e. The summed E-state index contributed by atoms with van der Waals surface area (Å²) in [6.07, 6.45) is 12.0. The summed E-state index contributed by atoms with van der Waals surface area (Å²) in [7, 11) is 0. The van der Waals surface area contributed by atoms with E-state index in [4.69, 9.17) is 4.98 Å². The molecule has 1 saturated carbocycles. The van der Waals surface area contributed by atoms with E-state index in [-0.39, 0.29) is 18.1 Å². The van der Waals surface area contributed by atoms with Crippen LogP contribution in [0.25, 0.3) is 21.6 Å². The molecule has 0 saturated heterocycles. The van der Waals surface area contributed by atoms with Gasteiger partial charge in [0.05, 0.1) is 22.0 Å². The number of hydrogen-bond acceptors (Lipinski definition) is 7. The molecule has 1 aliphatic rings. The Morgan fingerprint density at radius 2 is 2.12 bits per heavy atom. The topological polar surface area (TPSA) is 93.2 Å². The fraction of sp³-hybridized carbons (Fsp3) is 0.360. The molecular formula is C25H27N7OS. The molecule has 0 radical (unpaired) electrons. The second-order valence-electron chi connectivity index (χ2n) is 9.15. The number of benzene rings is 1. The number of aromatic nitrogens is 6. The first-order valence-corrected chi connectivity index (χ1v) is 12.6. The fourth-order valence-corrected chi connectivity index (χ4v) is 6.04. The van der Waals surface area contributed by atoms with Crippen LogP contribution in [-0.2, 0) is 6.42 Å². The first kappa shape index (κ1) is 21.2. The maximum absolute atomic E-state index is 10.4. The number of thiazole rings is 1. The second kappa shape index (κ2) is 8.81. The summed E-state index contributed by atoms with van der Waals surface area (Å²) in [5, 5.41) is 19.1. The molecule has 1 aromatic carbocycles. The molecule has 34 heavy (non-hydrogen) atoms. The summed E-state index contributed by atoms with van der Waals surface area (Å²) in [4.78, 5) is 13.4. The van der Waals surface area contributed by atoms with Crippen molar-refractivity contribution in [2.24, 2.45) is 5.92 Å². The van der Waals surface area contributed by atoms with E-state index >= 15 is 0 Å². The predicted octanol–water partition coefficient (Wildman–Crippen LogP) is 4.47. The van der Waals surface area contributed by atoms with Crippen LogP contribution in [0, 0.1) is 5.92 Å². The summed E-state index contributed by atoms with van der Waals surface area (Å²) in [5.41, 5.74) is 5.17. The highest BCUT2D eigenvalue weighted by Gasteiger charge is 2.28. The molecule has 0 unspecified atom stereocenters. The Bertz CT molecular complexity index is 1420. The molecule has 6 rings (SSSR count). The molecule has 5 aromatic rings. The number of imidazole rings is 1. The molecular weight excluding hydrogens is 446 g/mol. The SMILES string of the molecule is C[C@@H](Nc1nc2ccc(Cc3cnc4cc(-n5cncn5)ccn34)cc2s1)[C@@H]1CCCC[C@H]1O. The van der Waals surface area contributed by atoms with Crippen LogP contribution in [-0.4, -0.2) is 46.4 Å². The first-order chi connectivity index (χ1) is 16.6. The van der Waals surface area contributed by atoms with Crippen molar-refractivity contribution in [3.63, 3.8) is 0 Å². The predicted molar refractivity (Wildman–Crippen MR) is 134 cm³/mol. The number of rotatable bonds is 6. The molecule has 174 valence electrons. The molecule has 1 fully saturated rings. The molecule has 0 bridgehead atoms. The largest absolute Gasteiger partial charge is 0.393 e. The van der Waals surface area contributed by atoms with Crippen molar-refractivity contribution in [2.45, 2.75) is 51.2 Å². The number of nitrogens with zero attached hydrogens (tertiary/aromatic N) is 6. The summed E-state index contributed by atoms with van der Waals surface area (Å²) < 4.78 is 5.01. The molecule has 0 spiro atoms. The summed E-state index contributed by atoms with van der Waals surface area (Å²) in [6.45, 7) is 2.16. The van der Waals surface area contributed by atoms with E-state index in [1.54, 1.807) is 22.3 Å². The summed E-state index contributed by atoms with van der Waals surface area (Å²) in [6, 6.07) is 10.7. The number of aliphatic hydroxyl groups excluding tert-OH is 1. The van der Waals surface area contributed by atoms with Crippen LogP contribution in [0.5, 0.6) is 0 Å². The lowest BCUT2D eigenvalue weighted by atomic mass is 9.82. The lowest BCUT2D eigenvalue weighted by Crippen LogP contribution is -2.37. The number of fused-ring (bicyclic) bond motifs is 2. The van der Waals surface area contributed by atoms with Crippen molar-refractivity contribution >= 4 is 32.3 Å². The van der Waals surface area contributed by atoms with Gasteiger partial charge in [0.2, 0.25) is 0 Å². The maximum atomic E-state index is 10.4. The highest BCUT2D eigenvalue weighted by atomic mass is 32.1. The quantitative estimate of drug-likeness (QED) is 0.378. The summed E-state index contributed by atoms with van der Waals surface area (Å²) in [5.74, 6) is 0.288. The van der Waals surface area contributed by atoms with Crippen LogP contribution in [0.2, 0.25) is 0 Å². The molecule has 2 N–H and O–H groups in total. The van der Waals surface area contributed by atoms with Gasteiger partial charge in [0.25, 0.3) is 0 Å².